The number of hydrogen-bond donors (Lipinski definition) is 0. The smallest absolute Gasteiger partial charge is 0.358 e. The van der Waals surface area contributed by atoms with E-state index in [0.29, 0.717) is 10.5 Å². The number of carbonyl (C=O) groups is 3. The van der Waals surface area contributed by atoms with E-state index in [0.717, 1.165) is 54.8 Å². The molecule has 2 amide bonds. The number of amides is 2. The zero-order valence-electron chi connectivity index (χ0n) is 25.0. The van der Waals surface area contributed by atoms with Crippen LogP contribution in [0.15, 0.2) is 11.6 Å². The highest BCUT2D eigenvalue weighted by molar-refractivity contribution is 6.01. The molecular formula is C33H51NO5. The number of fused-ring (bicyclic) bond motifs is 5. The monoisotopic (exact) mass is 541 g/mol. The predicted molar refractivity (Wildman–Crippen MR) is 150 cm³/mol. The summed E-state index contributed by atoms with van der Waals surface area (Å²) in [5, 5.41) is 0.601. The zero-order valence-corrected chi connectivity index (χ0v) is 25.0. The number of carbonyl (C=O) groups excluding carboxylic acids is 3. The lowest BCUT2D eigenvalue weighted by molar-refractivity contribution is -0.201. The molecule has 8 atom stereocenters. The molecule has 0 aromatic carbocycles. The maximum Gasteiger partial charge on any atom is 0.358 e. The van der Waals surface area contributed by atoms with Gasteiger partial charge in [0.05, 0.1) is 6.10 Å². The molecule has 1 saturated heterocycles. The molecule has 1 aliphatic heterocycles. The minimum absolute atomic E-state index is 0.0187. The van der Waals surface area contributed by atoms with Crippen LogP contribution in [-0.4, -0.2) is 35.6 Å². The van der Waals surface area contributed by atoms with E-state index in [1.807, 2.05) is 0 Å². The molecule has 0 N–H and O–H groups in total. The van der Waals surface area contributed by atoms with Gasteiger partial charge in [-0.05, 0) is 97.7 Å². The molecule has 0 aromatic heterocycles. The maximum absolute atomic E-state index is 12.3. The summed E-state index contributed by atoms with van der Waals surface area (Å²) in [6, 6.07) is 0. The quantitative estimate of drug-likeness (QED) is 0.232. The summed E-state index contributed by atoms with van der Waals surface area (Å²) in [6.45, 7) is 12.2. The SMILES string of the molecule is CC(C)CCC[C@@H](C)[C@H]1CC[C@H]2[C@@H]3CC=C4CC(OCC(=O)ON5C(=O)CCC5=O)CC[C@]4(C)[C@H]3CC[C@]12C. The molecule has 5 aliphatic rings. The Morgan fingerprint density at radius 1 is 1.00 bits per heavy atom. The maximum atomic E-state index is 12.3. The molecule has 5 rings (SSSR count). The normalized spacial score (nSPS) is 38.8. The van der Waals surface area contributed by atoms with Crippen molar-refractivity contribution in [2.24, 2.45) is 46.3 Å². The molecule has 0 spiro atoms. The molecular weight excluding hydrogens is 490 g/mol. The number of rotatable bonds is 9. The van der Waals surface area contributed by atoms with Gasteiger partial charge >= 0.3 is 5.97 Å². The van der Waals surface area contributed by atoms with E-state index in [2.05, 4.69) is 40.7 Å². The van der Waals surface area contributed by atoms with Crippen molar-refractivity contribution in [1.29, 1.82) is 0 Å². The van der Waals surface area contributed by atoms with Crippen LogP contribution in [0.5, 0.6) is 0 Å². The largest absolute Gasteiger partial charge is 0.366 e. The van der Waals surface area contributed by atoms with Crippen molar-refractivity contribution >= 4 is 17.8 Å². The van der Waals surface area contributed by atoms with Crippen molar-refractivity contribution in [2.45, 2.75) is 124 Å². The Bertz CT molecular complexity index is 973. The molecule has 0 aromatic rings. The number of hydroxylamine groups is 2. The summed E-state index contributed by atoms with van der Waals surface area (Å²) in [5.41, 5.74) is 2.26. The minimum Gasteiger partial charge on any atom is -0.366 e. The zero-order chi connectivity index (χ0) is 27.9. The number of nitrogens with zero attached hydrogens (tertiary/aromatic N) is 1. The lowest BCUT2D eigenvalue weighted by Gasteiger charge is -2.58. The third-order valence-electron chi connectivity index (χ3n) is 11.9. The van der Waals surface area contributed by atoms with Gasteiger partial charge in [-0.1, -0.05) is 65.5 Å². The summed E-state index contributed by atoms with van der Waals surface area (Å²) < 4.78 is 5.96. The summed E-state index contributed by atoms with van der Waals surface area (Å²) in [6.07, 6.45) is 16.5. The van der Waals surface area contributed by atoms with Crippen molar-refractivity contribution in [3.05, 3.63) is 11.6 Å². The highest BCUT2D eigenvalue weighted by Crippen LogP contribution is 2.67. The second kappa shape index (κ2) is 11.3. The van der Waals surface area contributed by atoms with Crippen LogP contribution in [-0.2, 0) is 24.0 Å². The molecule has 1 unspecified atom stereocenters. The van der Waals surface area contributed by atoms with Crippen molar-refractivity contribution < 1.29 is 24.0 Å². The average molecular weight is 542 g/mol. The molecule has 4 fully saturated rings. The van der Waals surface area contributed by atoms with Crippen LogP contribution in [0.2, 0.25) is 0 Å². The average Bonchev–Trinajstić information content (AvgIpc) is 3.41. The fourth-order valence-electron chi connectivity index (χ4n) is 9.77. The summed E-state index contributed by atoms with van der Waals surface area (Å²) in [4.78, 5) is 40.7. The lowest BCUT2D eigenvalue weighted by Crippen LogP contribution is -2.51. The van der Waals surface area contributed by atoms with Crippen LogP contribution in [0.3, 0.4) is 0 Å². The van der Waals surface area contributed by atoms with E-state index >= 15 is 0 Å². The molecule has 0 bridgehead atoms. The van der Waals surface area contributed by atoms with Crippen molar-refractivity contribution in [3.8, 4) is 0 Å². The number of ether oxygens (including phenoxy) is 1. The van der Waals surface area contributed by atoms with Gasteiger partial charge in [0.15, 0.2) is 0 Å². The number of hydrogen-bond acceptors (Lipinski definition) is 5. The molecule has 39 heavy (non-hydrogen) atoms. The second-order valence-corrected chi connectivity index (χ2v) is 14.5. The fraction of sp³-hybridized carbons (Fsp3) is 0.848. The Kier molecular flexibility index (Phi) is 8.35. The van der Waals surface area contributed by atoms with Crippen molar-refractivity contribution in [3.63, 3.8) is 0 Å². The lowest BCUT2D eigenvalue weighted by atomic mass is 9.47. The van der Waals surface area contributed by atoms with E-state index < -0.39 is 17.8 Å². The predicted octanol–water partition coefficient (Wildman–Crippen LogP) is 7.02. The topological polar surface area (TPSA) is 72.9 Å². The van der Waals surface area contributed by atoms with Crippen molar-refractivity contribution in [2.75, 3.05) is 6.61 Å². The Hall–Kier alpha value is -1.69. The molecule has 6 heteroatoms. The molecule has 1 heterocycles. The Morgan fingerprint density at radius 2 is 1.74 bits per heavy atom. The first-order valence-electron chi connectivity index (χ1n) is 15.9. The number of imide groups is 1. The Labute approximate surface area is 235 Å². The van der Waals surface area contributed by atoms with Crippen LogP contribution < -0.4 is 0 Å². The first-order valence-corrected chi connectivity index (χ1v) is 15.9. The van der Waals surface area contributed by atoms with E-state index in [4.69, 9.17) is 9.57 Å². The standard InChI is InChI=1S/C33H51NO5/c1-21(2)7-6-8-22(3)26-11-12-27-25-10-9-23-19-24(15-17-32(23,4)28(25)16-18-33(26,27)5)38-20-31(37)39-34-29(35)13-14-30(34)36/h9,21-22,24-28H,6-8,10-20H2,1-5H3/t22-,24?,25+,26-,27+,28+,32+,33-/m1/s1. The van der Waals surface area contributed by atoms with Crippen LogP contribution in [0, 0.1) is 46.3 Å². The van der Waals surface area contributed by atoms with Gasteiger partial charge in [0, 0.05) is 12.8 Å². The van der Waals surface area contributed by atoms with Crippen LogP contribution in [0.25, 0.3) is 0 Å². The van der Waals surface area contributed by atoms with Gasteiger partial charge in [-0.25, -0.2) is 4.79 Å². The Balaban J connectivity index is 1.18. The van der Waals surface area contributed by atoms with E-state index in [-0.39, 0.29) is 31.0 Å². The molecule has 6 nitrogen and oxygen atoms in total. The highest BCUT2D eigenvalue weighted by atomic mass is 16.7. The Morgan fingerprint density at radius 3 is 2.46 bits per heavy atom. The summed E-state index contributed by atoms with van der Waals surface area (Å²) in [7, 11) is 0. The van der Waals surface area contributed by atoms with Crippen LogP contribution in [0.4, 0.5) is 0 Å². The molecule has 3 saturated carbocycles. The first kappa shape index (κ1) is 28.8. The second-order valence-electron chi connectivity index (χ2n) is 14.5. The third kappa shape index (κ3) is 5.48. The van der Waals surface area contributed by atoms with Gasteiger partial charge in [0.25, 0.3) is 11.8 Å². The van der Waals surface area contributed by atoms with E-state index in [1.165, 1.54) is 56.9 Å². The van der Waals surface area contributed by atoms with Crippen LogP contribution in [0.1, 0.15) is 118 Å². The van der Waals surface area contributed by atoms with Gasteiger partial charge in [0.2, 0.25) is 0 Å². The first-order chi connectivity index (χ1) is 18.5. The van der Waals surface area contributed by atoms with Gasteiger partial charge in [-0.3, -0.25) is 9.59 Å². The third-order valence-corrected chi connectivity index (χ3v) is 11.9. The van der Waals surface area contributed by atoms with E-state index in [1.54, 1.807) is 0 Å². The van der Waals surface area contributed by atoms with Gasteiger partial charge in [-0.2, -0.15) is 0 Å². The van der Waals surface area contributed by atoms with E-state index in [9.17, 15) is 14.4 Å². The highest BCUT2D eigenvalue weighted by Gasteiger charge is 2.59. The molecule has 218 valence electrons. The number of allylic oxidation sites excluding steroid dienone is 1. The van der Waals surface area contributed by atoms with Gasteiger partial charge in [0.1, 0.15) is 6.61 Å². The molecule has 4 aliphatic carbocycles. The van der Waals surface area contributed by atoms with Gasteiger partial charge in [-0.15, -0.1) is 5.06 Å². The minimum atomic E-state index is -0.676. The molecule has 0 radical (unpaired) electrons. The van der Waals surface area contributed by atoms with Crippen LogP contribution >= 0.6 is 0 Å². The fourth-order valence-corrected chi connectivity index (χ4v) is 9.77. The summed E-state index contributed by atoms with van der Waals surface area (Å²) >= 11 is 0. The van der Waals surface area contributed by atoms with Crippen molar-refractivity contribution in [1.82, 2.24) is 5.06 Å². The summed E-state index contributed by atoms with van der Waals surface area (Å²) in [5.74, 6) is 3.34. The van der Waals surface area contributed by atoms with Gasteiger partial charge < -0.3 is 9.57 Å².